The lowest BCUT2D eigenvalue weighted by atomic mass is 9.96. The quantitative estimate of drug-likeness (QED) is 0.798. The van der Waals surface area contributed by atoms with E-state index in [0.29, 0.717) is 12.1 Å². The number of nitrogens with zero attached hydrogens (tertiary/aromatic N) is 1. The summed E-state index contributed by atoms with van der Waals surface area (Å²) in [6.45, 7) is 13.5. The molecule has 0 amide bonds. The Morgan fingerprint density at radius 1 is 1.67 bits per heavy atom. The van der Waals surface area contributed by atoms with Crippen LogP contribution in [0.2, 0.25) is 0 Å². The Kier molecular flexibility index (Phi) is 5.10. The minimum Gasteiger partial charge on any atom is -0.311 e. The van der Waals surface area contributed by atoms with Gasteiger partial charge in [0.05, 0.1) is 0 Å². The van der Waals surface area contributed by atoms with Crippen LogP contribution in [-0.2, 0) is 0 Å². The van der Waals surface area contributed by atoms with Gasteiger partial charge >= 0.3 is 0 Å². The molecule has 2 nitrogen and oxygen atoms in total. The summed E-state index contributed by atoms with van der Waals surface area (Å²) in [5.41, 5.74) is 0. The van der Waals surface area contributed by atoms with Crippen molar-refractivity contribution in [3.63, 3.8) is 0 Å². The van der Waals surface area contributed by atoms with E-state index in [9.17, 15) is 0 Å². The smallest absolute Gasteiger partial charge is 0.0339 e. The van der Waals surface area contributed by atoms with E-state index in [1.165, 1.54) is 6.42 Å². The van der Waals surface area contributed by atoms with Gasteiger partial charge in [0.15, 0.2) is 0 Å². The first-order valence-electron chi connectivity index (χ1n) is 5.85. The summed E-state index contributed by atoms with van der Waals surface area (Å²) in [7, 11) is 0. The predicted molar refractivity (Wildman–Crippen MR) is 67.3 cm³/mol. The molecule has 0 radical (unpaired) electrons. The molecular weight excluding hydrogens is 208 g/mol. The van der Waals surface area contributed by atoms with Gasteiger partial charge in [-0.05, 0) is 12.8 Å². The van der Waals surface area contributed by atoms with Crippen LogP contribution in [0.5, 0.6) is 0 Å². The van der Waals surface area contributed by atoms with Crippen LogP contribution in [0.15, 0.2) is 11.6 Å². The van der Waals surface area contributed by atoms with E-state index in [1.807, 2.05) is 0 Å². The summed E-state index contributed by atoms with van der Waals surface area (Å²) in [6, 6.07) is 1.16. The summed E-state index contributed by atoms with van der Waals surface area (Å²) in [4.78, 5) is 2.42. The zero-order chi connectivity index (χ0) is 11.4. The average molecular weight is 231 g/mol. The van der Waals surface area contributed by atoms with Crippen molar-refractivity contribution in [3.05, 3.63) is 11.6 Å². The largest absolute Gasteiger partial charge is 0.311 e. The number of nitrogens with one attached hydrogen (secondary N) is 1. The normalized spacial score (nSPS) is 30.1. The summed E-state index contributed by atoms with van der Waals surface area (Å²) in [5.74, 6) is 0.726. The molecule has 0 aliphatic carbocycles. The van der Waals surface area contributed by atoms with Crippen molar-refractivity contribution in [2.24, 2.45) is 5.92 Å². The highest BCUT2D eigenvalue weighted by atomic mass is 35.5. The summed E-state index contributed by atoms with van der Waals surface area (Å²) in [6.07, 6.45) is 1.22. The van der Waals surface area contributed by atoms with Crippen molar-refractivity contribution in [2.45, 2.75) is 39.3 Å². The molecule has 1 rings (SSSR count). The van der Waals surface area contributed by atoms with Crippen LogP contribution in [0.3, 0.4) is 0 Å². The topological polar surface area (TPSA) is 15.3 Å². The molecule has 15 heavy (non-hydrogen) atoms. The lowest BCUT2D eigenvalue weighted by molar-refractivity contribution is 0.131. The molecule has 0 aromatic carbocycles. The Morgan fingerprint density at radius 3 is 2.87 bits per heavy atom. The zero-order valence-corrected chi connectivity index (χ0v) is 10.8. The number of piperazine rings is 1. The number of halogens is 1. The first kappa shape index (κ1) is 13.0. The molecule has 88 valence electrons. The predicted octanol–water partition coefficient (Wildman–Crippen LogP) is 2.45. The molecule has 0 aromatic heterocycles. The maximum absolute atomic E-state index is 5.88. The minimum atomic E-state index is 0.556. The summed E-state index contributed by atoms with van der Waals surface area (Å²) in [5, 5.41) is 4.35. The highest BCUT2D eigenvalue weighted by molar-refractivity contribution is 6.29. The van der Waals surface area contributed by atoms with E-state index in [1.54, 1.807) is 0 Å². The van der Waals surface area contributed by atoms with Crippen LogP contribution < -0.4 is 5.32 Å². The molecule has 1 saturated heterocycles. The van der Waals surface area contributed by atoms with Gasteiger partial charge in [-0.1, -0.05) is 38.4 Å². The van der Waals surface area contributed by atoms with Gasteiger partial charge in [-0.2, -0.15) is 0 Å². The van der Waals surface area contributed by atoms with Crippen molar-refractivity contribution in [1.29, 1.82) is 0 Å². The molecule has 0 bridgehead atoms. The molecule has 1 aliphatic heterocycles. The van der Waals surface area contributed by atoms with E-state index in [0.717, 1.165) is 30.6 Å². The monoisotopic (exact) mass is 230 g/mol. The van der Waals surface area contributed by atoms with Gasteiger partial charge in [-0.15, -0.1) is 0 Å². The van der Waals surface area contributed by atoms with Gasteiger partial charge in [-0.25, -0.2) is 0 Å². The number of hydrogen-bond donors (Lipinski definition) is 1. The summed E-state index contributed by atoms with van der Waals surface area (Å²) < 4.78 is 0. The van der Waals surface area contributed by atoms with E-state index < -0.39 is 0 Å². The minimum absolute atomic E-state index is 0.556. The second-order valence-corrected chi connectivity index (χ2v) is 5.23. The Morgan fingerprint density at radius 2 is 2.33 bits per heavy atom. The van der Waals surface area contributed by atoms with Gasteiger partial charge in [0.25, 0.3) is 0 Å². The fourth-order valence-electron chi connectivity index (χ4n) is 2.05. The van der Waals surface area contributed by atoms with Crippen LogP contribution in [0.25, 0.3) is 0 Å². The second-order valence-electron chi connectivity index (χ2n) is 4.70. The van der Waals surface area contributed by atoms with Crippen LogP contribution in [0.4, 0.5) is 0 Å². The first-order chi connectivity index (χ1) is 7.04. The summed E-state index contributed by atoms with van der Waals surface area (Å²) >= 11 is 5.88. The standard InChI is InChI=1S/C12H23ClN2/c1-5-9(2)12-8-15(7-10(3)13)11(4)6-14-12/h9,11-12,14H,3,5-8H2,1-2,4H3. The zero-order valence-electron chi connectivity index (χ0n) is 10.1. The first-order valence-corrected chi connectivity index (χ1v) is 6.23. The van der Waals surface area contributed by atoms with Gasteiger partial charge in [0.1, 0.15) is 0 Å². The maximum Gasteiger partial charge on any atom is 0.0339 e. The molecule has 1 aliphatic rings. The van der Waals surface area contributed by atoms with E-state index >= 15 is 0 Å². The van der Waals surface area contributed by atoms with E-state index in [4.69, 9.17) is 11.6 Å². The molecule has 1 N–H and O–H groups in total. The lowest BCUT2D eigenvalue weighted by Gasteiger charge is -2.40. The average Bonchev–Trinajstić information content (AvgIpc) is 2.19. The molecule has 0 saturated carbocycles. The molecule has 0 spiro atoms. The highest BCUT2D eigenvalue weighted by Crippen LogP contribution is 2.16. The Labute approximate surface area is 98.7 Å². The van der Waals surface area contributed by atoms with Crippen LogP contribution >= 0.6 is 11.6 Å². The van der Waals surface area contributed by atoms with E-state index in [2.05, 4.69) is 37.6 Å². The second kappa shape index (κ2) is 5.88. The molecular formula is C12H23ClN2. The number of rotatable bonds is 4. The van der Waals surface area contributed by atoms with Crippen molar-refractivity contribution >= 4 is 11.6 Å². The molecule has 1 heterocycles. The van der Waals surface area contributed by atoms with Gasteiger partial charge in [0.2, 0.25) is 0 Å². The Hall–Kier alpha value is -0.0500. The Bertz CT molecular complexity index is 218. The molecule has 3 atom stereocenters. The third-order valence-corrected chi connectivity index (χ3v) is 3.56. The fraction of sp³-hybridized carbons (Fsp3) is 0.833. The Balaban J connectivity index is 2.51. The molecule has 0 aromatic rings. The van der Waals surface area contributed by atoms with Gasteiger partial charge in [0, 0.05) is 36.8 Å². The number of hydrogen-bond acceptors (Lipinski definition) is 2. The van der Waals surface area contributed by atoms with Crippen molar-refractivity contribution in [1.82, 2.24) is 10.2 Å². The highest BCUT2D eigenvalue weighted by Gasteiger charge is 2.27. The van der Waals surface area contributed by atoms with E-state index in [-0.39, 0.29) is 0 Å². The van der Waals surface area contributed by atoms with Gasteiger partial charge in [-0.3, -0.25) is 4.90 Å². The third kappa shape index (κ3) is 3.78. The van der Waals surface area contributed by atoms with Crippen molar-refractivity contribution < 1.29 is 0 Å². The SMILES string of the molecule is C=C(Cl)CN1CC(C(C)CC)NCC1C. The lowest BCUT2D eigenvalue weighted by Crippen LogP contribution is -2.57. The van der Waals surface area contributed by atoms with Crippen LogP contribution in [0.1, 0.15) is 27.2 Å². The van der Waals surface area contributed by atoms with Crippen molar-refractivity contribution in [2.75, 3.05) is 19.6 Å². The van der Waals surface area contributed by atoms with Crippen LogP contribution in [-0.4, -0.2) is 36.6 Å². The molecule has 3 unspecified atom stereocenters. The molecule has 1 fully saturated rings. The maximum atomic E-state index is 5.88. The van der Waals surface area contributed by atoms with Gasteiger partial charge < -0.3 is 5.32 Å². The van der Waals surface area contributed by atoms with Crippen molar-refractivity contribution in [3.8, 4) is 0 Å². The third-order valence-electron chi connectivity index (χ3n) is 3.44. The molecule has 3 heteroatoms. The van der Waals surface area contributed by atoms with Crippen LogP contribution in [0, 0.1) is 5.92 Å². The fourth-order valence-corrected chi connectivity index (χ4v) is 2.21.